The summed E-state index contributed by atoms with van der Waals surface area (Å²) in [6.07, 6.45) is 0. The van der Waals surface area contributed by atoms with E-state index in [2.05, 4.69) is 13.8 Å². The van der Waals surface area contributed by atoms with Gasteiger partial charge in [-0.1, -0.05) is 26.0 Å². The van der Waals surface area contributed by atoms with E-state index in [1.165, 1.54) is 5.56 Å². The summed E-state index contributed by atoms with van der Waals surface area (Å²) in [5.74, 6) is 5.82. The van der Waals surface area contributed by atoms with Crippen LogP contribution in [0.25, 0.3) is 0 Å². The second kappa shape index (κ2) is 6.98. The molecule has 1 aromatic rings. The van der Waals surface area contributed by atoms with E-state index in [1.807, 2.05) is 23.6 Å². The number of nitrogens with two attached hydrogens (primary N) is 1. The number of hydrogen-bond donors (Lipinski definition) is 2. The summed E-state index contributed by atoms with van der Waals surface area (Å²) in [5.41, 5.74) is 4.12. The van der Waals surface area contributed by atoms with E-state index in [0.29, 0.717) is 12.5 Å². The lowest BCUT2D eigenvalue weighted by molar-refractivity contribution is -0.126. The van der Waals surface area contributed by atoms with Gasteiger partial charge < -0.3 is 9.47 Å². The first-order valence-electron chi connectivity index (χ1n) is 5.82. The van der Waals surface area contributed by atoms with Gasteiger partial charge in [-0.25, -0.2) is 5.84 Å². The molecule has 1 aromatic carbocycles. The molecule has 1 rings (SSSR count). The van der Waals surface area contributed by atoms with Crippen LogP contribution in [0.5, 0.6) is 5.75 Å². The van der Waals surface area contributed by atoms with Gasteiger partial charge in [-0.3, -0.25) is 10.2 Å². The molecule has 0 atom stereocenters. The number of hydrazine groups is 1. The Balaban J connectivity index is 2.68. The van der Waals surface area contributed by atoms with Crippen molar-refractivity contribution in [3.8, 4) is 5.75 Å². The Bertz CT molecular complexity index is 405. The number of amides is 1. The normalized spacial score (nSPS) is 10.5. The molecule has 0 bridgehead atoms. The molecule has 1 amide bonds. The van der Waals surface area contributed by atoms with E-state index in [1.54, 1.807) is 7.11 Å². The summed E-state index contributed by atoms with van der Waals surface area (Å²) in [6, 6.07) is 5.98. The number of hydrogen-bond acceptors (Lipinski definition) is 4. The highest BCUT2D eigenvalue weighted by Crippen LogP contribution is 2.25. The van der Waals surface area contributed by atoms with Crippen molar-refractivity contribution >= 4 is 5.91 Å². The van der Waals surface area contributed by atoms with Gasteiger partial charge in [0, 0.05) is 5.56 Å². The number of methoxy groups -OCH3 is 1. The fraction of sp³-hybridized carbons (Fsp3) is 0.462. The molecular weight excluding hydrogens is 232 g/mol. The molecule has 0 heterocycles. The first-order valence-corrected chi connectivity index (χ1v) is 5.82. The van der Waals surface area contributed by atoms with Gasteiger partial charge in [0.15, 0.2) is 0 Å². The molecule has 0 aliphatic heterocycles. The molecule has 0 radical (unpaired) electrons. The van der Waals surface area contributed by atoms with Crippen molar-refractivity contribution in [2.24, 2.45) is 5.84 Å². The Morgan fingerprint density at radius 3 is 2.72 bits per heavy atom. The van der Waals surface area contributed by atoms with Crippen LogP contribution in [0.1, 0.15) is 30.9 Å². The molecule has 5 nitrogen and oxygen atoms in total. The van der Waals surface area contributed by atoms with Gasteiger partial charge in [-0.15, -0.1) is 0 Å². The van der Waals surface area contributed by atoms with E-state index in [9.17, 15) is 4.79 Å². The Kier molecular flexibility index (Phi) is 5.61. The predicted molar refractivity (Wildman–Crippen MR) is 69.1 cm³/mol. The molecule has 18 heavy (non-hydrogen) atoms. The molecule has 3 N–H and O–H groups in total. The molecule has 100 valence electrons. The number of ether oxygens (including phenoxy) is 2. The van der Waals surface area contributed by atoms with Crippen LogP contribution in [0, 0.1) is 0 Å². The van der Waals surface area contributed by atoms with Gasteiger partial charge >= 0.3 is 0 Å². The molecule has 0 aliphatic rings. The number of nitrogens with one attached hydrogen (secondary N) is 1. The third-order valence-corrected chi connectivity index (χ3v) is 2.63. The minimum absolute atomic E-state index is 0.0639. The topological polar surface area (TPSA) is 73.6 Å². The lowest BCUT2D eigenvalue weighted by Crippen LogP contribution is -2.33. The SMILES string of the molecule is COc1cc(C(C)C)ccc1COCC(=O)NN. The Morgan fingerprint density at radius 2 is 2.17 bits per heavy atom. The van der Waals surface area contributed by atoms with Crippen molar-refractivity contribution in [2.45, 2.75) is 26.4 Å². The molecule has 0 spiro atoms. The highest BCUT2D eigenvalue weighted by Gasteiger charge is 2.08. The zero-order chi connectivity index (χ0) is 13.5. The van der Waals surface area contributed by atoms with Crippen molar-refractivity contribution in [1.82, 2.24) is 5.43 Å². The summed E-state index contributed by atoms with van der Waals surface area (Å²) < 4.78 is 10.6. The first-order chi connectivity index (χ1) is 8.58. The van der Waals surface area contributed by atoms with E-state index in [4.69, 9.17) is 15.3 Å². The number of carbonyl (C=O) groups is 1. The summed E-state index contributed by atoms with van der Waals surface area (Å²) in [5, 5.41) is 0. The lowest BCUT2D eigenvalue weighted by atomic mass is 10.0. The highest BCUT2D eigenvalue weighted by molar-refractivity contribution is 5.76. The zero-order valence-corrected chi connectivity index (χ0v) is 11.0. The quantitative estimate of drug-likeness (QED) is 0.455. The van der Waals surface area contributed by atoms with Gasteiger partial charge in [-0.05, 0) is 17.5 Å². The highest BCUT2D eigenvalue weighted by atomic mass is 16.5. The Labute approximate surface area is 107 Å². The summed E-state index contributed by atoms with van der Waals surface area (Å²) in [7, 11) is 1.62. The van der Waals surface area contributed by atoms with Gasteiger partial charge in [0.2, 0.25) is 0 Å². The fourth-order valence-corrected chi connectivity index (χ4v) is 1.53. The van der Waals surface area contributed by atoms with Crippen LogP contribution in [0.15, 0.2) is 18.2 Å². The third-order valence-electron chi connectivity index (χ3n) is 2.63. The minimum Gasteiger partial charge on any atom is -0.496 e. The Hall–Kier alpha value is -1.59. The van der Waals surface area contributed by atoms with Crippen molar-refractivity contribution in [3.05, 3.63) is 29.3 Å². The van der Waals surface area contributed by atoms with E-state index < -0.39 is 0 Å². The molecule has 0 saturated heterocycles. The summed E-state index contributed by atoms with van der Waals surface area (Å²) >= 11 is 0. The third kappa shape index (κ3) is 4.01. The van der Waals surface area contributed by atoms with Gasteiger partial charge in [0.1, 0.15) is 12.4 Å². The Morgan fingerprint density at radius 1 is 1.44 bits per heavy atom. The number of benzene rings is 1. The fourth-order valence-electron chi connectivity index (χ4n) is 1.53. The summed E-state index contributed by atoms with van der Waals surface area (Å²) in [6.45, 7) is 4.49. The standard InChI is InChI=1S/C13H20N2O3/c1-9(2)10-4-5-11(12(6-10)17-3)7-18-8-13(16)15-14/h4-6,9H,7-8,14H2,1-3H3,(H,15,16). The monoisotopic (exact) mass is 252 g/mol. The first kappa shape index (κ1) is 14.5. The maximum Gasteiger partial charge on any atom is 0.259 e. The van der Waals surface area contributed by atoms with Gasteiger partial charge in [0.25, 0.3) is 5.91 Å². The number of carbonyl (C=O) groups excluding carboxylic acids is 1. The molecule has 0 saturated carbocycles. The van der Waals surface area contributed by atoms with Crippen LogP contribution in [0.3, 0.4) is 0 Å². The molecule has 0 aromatic heterocycles. The minimum atomic E-state index is -0.354. The lowest BCUT2D eigenvalue weighted by Gasteiger charge is -2.12. The largest absolute Gasteiger partial charge is 0.496 e. The molecule has 0 unspecified atom stereocenters. The maximum absolute atomic E-state index is 10.9. The van der Waals surface area contributed by atoms with Crippen LogP contribution >= 0.6 is 0 Å². The van der Waals surface area contributed by atoms with E-state index in [-0.39, 0.29) is 12.5 Å². The van der Waals surface area contributed by atoms with Crippen LogP contribution in [0.2, 0.25) is 0 Å². The van der Waals surface area contributed by atoms with E-state index >= 15 is 0 Å². The van der Waals surface area contributed by atoms with Crippen LogP contribution < -0.4 is 16.0 Å². The van der Waals surface area contributed by atoms with Gasteiger partial charge in [0.05, 0.1) is 13.7 Å². The maximum atomic E-state index is 10.9. The van der Waals surface area contributed by atoms with Gasteiger partial charge in [-0.2, -0.15) is 0 Å². The number of rotatable bonds is 6. The average molecular weight is 252 g/mol. The van der Waals surface area contributed by atoms with Crippen molar-refractivity contribution in [3.63, 3.8) is 0 Å². The van der Waals surface area contributed by atoms with Crippen LogP contribution in [-0.4, -0.2) is 19.6 Å². The molecule has 5 heteroatoms. The molecule has 0 aliphatic carbocycles. The van der Waals surface area contributed by atoms with Crippen molar-refractivity contribution < 1.29 is 14.3 Å². The smallest absolute Gasteiger partial charge is 0.259 e. The zero-order valence-electron chi connectivity index (χ0n) is 11.0. The second-order valence-corrected chi connectivity index (χ2v) is 4.29. The predicted octanol–water partition coefficient (Wildman–Crippen LogP) is 1.33. The van der Waals surface area contributed by atoms with Crippen molar-refractivity contribution in [2.75, 3.05) is 13.7 Å². The molecular formula is C13H20N2O3. The van der Waals surface area contributed by atoms with Crippen LogP contribution in [0.4, 0.5) is 0 Å². The van der Waals surface area contributed by atoms with Crippen LogP contribution in [-0.2, 0) is 16.1 Å². The van der Waals surface area contributed by atoms with Crippen molar-refractivity contribution in [1.29, 1.82) is 0 Å². The molecule has 0 fully saturated rings. The van der Waals surface area contributed by atoms with E-state index in [0.717, 1.165) is 11.3 Å². The second-order valence-electron chi connectivity index (χ2n) is 4.29. The summed E-state index contributed by atoms with van der Waals surface area (Å²) in [4.78, 5) is 10.9. The average Bonchev–Trinajstić information content (AvgIpc) is 2.38.